The number of benzene rings is 3. The number of hydrogen-bond donors (Lipinski definition) is 1. The molecule has 0 bridgehead atoms. The van der Waals surface area contributed by atoms with E-state index in [9.17, 15) is 18.0 Å². The Balaban J connectivity index is 2.07. The molecule has 10 heteroatoms. The van der Waals surface area contributed by atoms with Crippen molar-refractivity contribution >= 4 is 39.3 Å². The van der Waals surface area contributed by atoms with Crippen LogP contribution in [0.5, 0.6) is 5.75 Å². The summed E-state index contributed by atoms with van der Waals surface area (Å²) in [6.45, 7) is 7.26. The average molecular weight is 598 g/mol. The van der Waals surface area contributed by atoms with Gasteiger partial charge in [-0.1, -0.05) is 49.4 Å². The molecule has 2 amide bonds. The van der Waals surface area contributed by atoms with Crippen LogP contribution in [0, 0.1) is 0 Å². The lowest BCUT2D eigenvalue weighted by Crippen LogP contribution is -2.52. The van der Waals surface area contributed by atoms with E-state index in [-0.39, 0.29) is 29.1 Å². The van der Waals surface area contributed by atoms with Gasteiger partial charge in [-0.2, -0.15) is 0 Å². The van der Waals surface area contributed by atoms with Crippen molar-refractivity contribution in [2.75, 3.05) is 23.7 Å². The fourth-order valence-corrected chi connectivity index (χ4v) is 5.99. The van der Waals surface area contributed by atoms with Crippen molar-refractivity contribution in [1.29, 1.82) is 0 Å². The highest BCUT2D eigenvalue weighted by atomic mass is 32.2. The molecule has 0 aliphatic heterocycles. The molecule has 3 rings (SSSR count). The first-order chi connectivity index (χ1) is 19.6. The summed E-state index contributed by atoms with van der Waals surface area (Å²) in [7, 11) is -4.19. The van der Waals surface area contributed by atoms with Crippen LogP contribution in [0.2, 0.25) is 0 Å². The van der Waals surface area contributed by atoms with Crippen LogP contribution in [0.25, 0.3) is 0 Å². The molecular weight excluding hydrogens is 558 g/mol. The highest BCUT2D eigenvalue weighted by molar-refractivity contribution is 7.98. The van der Waals surface area contributed by atoms with Crippen LogP contribution in [0.15, 0.2) is 88.7 Å². The minimum absolute atomic E-state index is 0.0478. The first-order valence-corrected chi connectivity index (χ1v) is 16.3. The fourth-order valence-electron chi connectivity index (χ4n) is 4.16. The van der Waals surface area contributed by atoms with Crippen molar-refractivity contribution in [3.05, 3.63) is 84.4 Å². The molecule has 0 radical (unpaired) electrons. The summed E-state index contributed by atoms with van der Waals surface area (Å²) in [6, 6.07) is 21.7. The predicted octanol–water partition coefficient (Wildman–Crippen LogP) is 5.33. The Morgan fingerprint density at radius 3 is 2.17 bits per heavy atom. The third-order valence-electron chi connectivity index (χ3n) is 6.72. The normalized spacial score (nSPS) is 12.7. The van der Waals surface area contributed by atoms with Gasteiger partial charge in [0.25, 0.3) is 10.0 Å². The second-order valence-electron chi connectivity index (χ2n) is 9.59. The molecule has 3 aromatic rings. The summed E-state index contributed by atoms with van der Waals surface area (Å²) in [6.07, 6.45) is 2.65. The van der Waals surface area contributed by atoms with Crippen LogP contribution in [-0.4, -0.2) is 56.6 Å². The Bertz CT molecular complexity index is 1400. The van der Waals surface area contributed by atoms with Gasteiger partial charge in [0, 0.05) is 17.5 Å². The number of thioether (sulfide) groups is 1. The number of carbonyl (C=O) groups is 2. The van der Waals surface area contributed by atoms with Gasteiger partial charge >= 0.3 is 0 Å². The molecule has 2 atom stereocenters. The van der Waals surface area contributed by atoms with Gasteiger partial charge in [0.05, 0.1) is 17.2 Å². The fraction of sp³-hybridized carbons (Fsp3) is 0.355. The summed E-state index contributed by atoms with van der Waals surface area (Å²) in [5, 5.41) is 2.94. The summed E-state index contributed by atoms with van der Waals surface area (Å²) in [5.74, 6) is -0.485. The van der Waals surface area contributed by atoms with E-state index in [0.29, 0.717) is 12.4 Å². The lowest BCUT2D eigenvalue weighted by Gasteiger charge is -2.33. The van der Waals surface area contributed by atoms with Gasteiger partial charge in [-0.3, -0.25) is 13.9 Å². The van der Waals surface area contributed by atoms with E-state index < -0.39 is 28.5 Å². The predicted molar refractivity (Wildman–Crippen MR) is 165 cm³/mol. The molecule has 0 aliphatic carbocycles. The molecule has 8 nitrogen and oxygen atoms in total. The quantitative estimate of drug-likeness (QED) is 0.252. The molecule has 1 N–H and O–H groups in total. The van der Waals surface area contributed by atoms with Gasteiger partial charge in [-0.15, -0.1) is 11.8 Å². The SMILES string of the molecule is CCOc1ccccc1N(CC(=O)N(Cc1ccccc1)[C@@H](C)C(=O)N[C@H](C)CC)S(=O)(=O)c1ccc(SC)cc1. The molecule has 0 aliphatic rings. The van der Waals surface area contributed by atoms with Crippen LogP contribution in [0.4, 0.5) is 5.69 Å². The molecule has 0 aromatic heterocycles. The summed E-state index contributed by atoms with van der Waals surface area (Å²) < 4.78 is 35.1. The van der Waals surface area contributed by atoms with Crippen molar-refractivity contribution in [3.8, 4) is 5.75 Å². The van der Waals surface area contributed by atoms with E-state index >= 15 is 0 Å². The Kier molecular flexibility index (Phi) is 11.7. The van der Waals surface area contributed by atoms with Crippen LogP contribution in [0.3, 0.4) is 0 Å². The minimum Gasteiger partial charge on any atom is -0.492 e. The van der Waals surface area contributed by atoms with E-state index in [1.54, 1.807) is 50.2 Å². The van der Waals surface area contributed by atoms with Crippen molar-refractivity contribution in [1.82, 2.24) is 10.2 Å². The Hall–Kier alpha value is -3.50. The van der Waals surface area contributed by atoms with Gasteiger partial charge in [0.15, 0.2) is 0 Å². The number of amides is 2. The molecule has 0 heterocycles. The maximum absolute atomic E-state index is 14.1. The Morgan fingerprint density at radius 2 is 1.56 bits per heavy atom. The van der Waals surface area contributed by atoms with Crippen LogP contribution in [-0.2, 0) is 26.2 Å². The smallest absolute Gasteiger partial charge is 0.264 e. The lowest BCUT2D eigenvalue weighted by molar-refractivity contribution is -0.139. The maximum atomic E-state index is 14.1. The molecule has 0 saturated heterocycles. The number of sulfonamides is 1. The largest absolute Gasteiger partial charge is 0.492 e. The summed E-state index contributed by atoms with van der Waals surface area (Å²) in [4.78, 5) is 29.6. The number of nitrogens with zero attached hydrogens (tertiary/aromatic N) is 2. The Labute approximate surface area is 248 Å². The summed E-state index contributed by atoms with van der Waals surface area (Å²) >= 11 is 1.50. The molecule has 220 valence electrons. The molecule has 41 heavy (non-hydrogen) atoms. The number of rotatable bonds is 14. The first-order valence-electron chi connectivity index (χ1n) is 13.6. The van der Waals surface area contributed by atoms with Gasteiger partial charge in [0.2, 0.25) is 11.8 Å². The third kappa shape index (κ3) is 8.27. The highest BCUT2D eigenvalue weighted by Gasteiger charge is 2.34. The van der Waals surface area contributed by atoms with Crippen LogP contribution < -0.4 is 14.4 Å². The Morgan fingerprint density at radius 1 is 0.927 bits per heavy atom. The van der Waals surface area contributed by atoms with E-state index in [2.05, 4.69) is 5.32 Å². The summed E-state index contributed by atoms with van der Waals surface area (Å²) in [5.41, 5.74) is 1.06. The van der Waals surface area contributed by atoms with Crippen molar-refractivity contribution in [2.24, 2.45) is 0 Å². The lowest BCUT2D eigenvalue weighted by atomic mass is 10.1. The first kappa shape index (κ1) is 32.0. The van der Waals surface area contributed by atoms with Gasteiger partial charge in [0.1, 0.15) is 18.3 Å². The number of para-hydroxylation sites is 2. The second-order valence-corrected chi connectivity index (χ2v) is 12.3. The standard InChI is InChI=1S/C31H39N3O5S2/c1-6-23(3)32-31(36)24(4)33(21-25-13-9-8-10-14-25)30(35)22-34(28-15-11-12-16-29(28)39-7-2)41(37,38)27-19-17-26(40-5)18-20-27/h8-20,23-24H,6-7,21-22H2,1-5H3,(H,32,36)/t23-,24+/m1/s1. The van der Waals surface area contributed by atoms with Gasteiger partial charge in [-0.05, 0) is 75.4 Å². The van der Waals surface area contributed by atoms with Crippen molar-refractivity contribution in [2.45, 2.75) is 62.5 Å². The van der Waals surface area contributed by atoms with Crippen LogP contribution >= 0.6 is 11.8 Å². The average Bonchev–Trinajstić information content (AvgIpc) is 2.99. The third-order valence-corrected chi connectivity index (χ3v) is 9.24. The zero-order valence-electron chi connectivity index (χ0n) is 24.2. The topological polar surface area (TPSA) is 96.0 Å². The number of ether oxygens (including phenoxy) is 1. The molecular formula is C31H39N3O5S2. The molecule has 0 unspecified atom stereocenters. The van der Waals surface area contributed by atoms with Gasteiger partial charge in [-0.25, -0.2) is 8.42 Å². The maximum Gasteiger partial charge on any atom is 0.264 e. The zero-order valence-corrected chi connectivity index (χ0v) is 25.9. The molecule has 0 saturated carbocycles. The van der Waals surface area contributed by atoms with E-state index in [1.807, 2.05) is 50.4 Å². The van der Waals surface area contributed by atoms with E-state index in [4.69, 9.17) is 4.74 Å². The monoisotopic (exact) mass is 597 g/mol. The number of carbonyl (C=O) groups excluding carboxylic acids is 2. The second kappa shape index (κ2) is 14.9. The number of hydrogen-bond acceptors (Lipinski definition) is 6. The number of anilines is 1. The minimum atomic E-state index is -4.19. The number of nitrogens with one attached hydrogen (secondary N) is 1. The van der Waals surface area contributed by atoms with Crippen molar-refractivity contribution in [3.63, 3.8) is 0 Å². The van der Waals surface area contributed by atoms with E-state index in [0.717, 1.165) is 21.2 Å². The van der Waals surface area contributed by atoms with Gasteiger partial charge < -0.3 is 15.0 Å². The molecule has 0 fully saturated rings. The van der Waals surface area contributed by atoms with E-state index in [1.165, 1.54) is 28.8 Å². The molecule has 0 spiro atoms. The van der Waals surface area contributed by atoms with Crippen molar-refractivity contribution < 1.29 is 22.7 Å². The zero-order chi connectivity index (χ0) is 30.0. The van der Waals surface area contributed by atoms with Crippen LogP contribution in [0.1, 0.15) is 39.7 Å². The highest BCUT2D eigenvalue weighted by Crippen LogP contribution is 2.33. The molecule has 3 aromatic carbocycles.